The molecule has 0 bridgehead atoms. The number of benzene rings is 2. The summed E-state index contributed by atoms with van der Waals surface area (Å²) in [6.45, 7) is 6.95. The van der Waals surface area contributed by atoms with Gasteiger partial charge in [-0.1, -0.05) is 35.9 Å². The highest BCUT2D eigenvalue weighted by atomic mass is 16.3. The molecule has 0 aliphatic rings. The minimum absolute atomic E-state index is 0.167. The minimum Gasteiger partial charge on any atom is -0.467 e. The molecule has 1 amide bonds. The largest absolute Gasteiger partial charge is 0.467 e. The molecule has 7 nitrogen and oxygen atoms in total. The maximum absolute atomic E-state index is 13.6. The number of nitrogens with zero attached hydrogens (tertiary/aromatic N) is 3. The number of fused-ring (bicyclic) bond motifs is 3. The Morgan fingerprint density at radius 2 is 1.79 bits per heavy atom. The molecule has 0 aliphatic heterocycles. The summed E-state index contributed by atoms with van der Waals surface area (Å²) in [5.41, 5.74) is 6.01. The normalized spacial score (nSPS) is 11.4. The Labute approximate surface area is 196 Å². The van der Waals surface area contributed by atoms with Gasteiger partial charge in [-0.15, -0.1) is 0 Å². The highest BCUT2D eigenvalue weighted by Crippen LogP contribution is 2.28. The van der Waals surface area contributed by atoms with Gasteiger partial charge in [0.2, 0.25) is 5.91 Å². The second-order valence-corrected chi connectivity index (χ2v) is 8.71. The molecule has 172 valence electrons. The number of amides is 1. The number of para-hydroxylation sites is 1. The molecule has 34 heavy (non-hydrogen) atoms. The lowest BCUT2D eigenvalue weighted by atomic mass is 10.00. The van der Waals surface area contributed by atoms with Crippen LogP contribution in [0.15, 0.2) is 70.2 Å². The van der Waals surface area contributed by atoms with Gasteiger partial charge in [0.05, 0.1) is 19.0 Å². The van der Waals surface area contributed by atoms with Crippen molar-refractivity contribution >= 4 is 27.7 Å². The average Bonchev–Trinajstić information content (AvgIpc) is 3.43. The van der Waals surface area contributed by atoms with Crippen LogP contribution in [0.2, 0.25) is 0 Å². The first-order chi connectivity index (χ1) is 16.4. The minimum atomic E-state index is -0.307. The van der Waals surface area contributed by atoms with Crippen molar-refractivity contribution in [3.63, 3.8) is 0 Å². The van der Waals surface area contributed by atoms with Crippen LogP contribution in [0, 0.1) is 20.8 Å². The van der Waals surface area contributed by atoms with Gasteiger partial charge in [0, 0.05) is 22.8 Å². The number of furan rings is 1. The lowest BCUT2D eigenvalue weighted by molar-refractivity contribution is -0.122. The van der Waals surface area contributed by atoms with E-state index in [9.17, 15) is 9.59 Å². The van der Waals surface area contributed by atoms with Gasteiger partial charge in [-0.3, -0.25) is 9.59 Å². The molecule has 2 aromatic carbocycles. The predicted molar refractivity (Wildman–Crippen MR) is 132 cm³/mol. The average molecular weight is 455 g/mol. The van der Waals surface area contributed by atoms with Crippen molar-refractivity contribution in [2.75, 3.05) is 0 Å². The third kappa shape index (κ3) is 3.90. The van der Waals surface area contributed by atoms with Crippen molar-refractivity contribution in [1.82, 2.24) is 19.7 Å². The smallest absolute Gasteiger partial charge is 0.291 e. The summed E-state index contributed by atoms with van der Waals surface area (Å²) >= 11 is 0. The van der Waals surface area contributed by atoms with Crippen LogP contribution in [0.25, 0.3) is 21.8 Å². The Kier molecular flexibility index (Phi) is 5.53. The highest BCUT2D eigenvalue weighted by molar-refractivity contribution is 6.07. The number of carbonyl (C=O) groups is 1. The van der Waals surface area contributed by atoms with E-state index in [1.165, 1.54) is 26.9 Å². The second kappa shape index (κ2) is 8.67. The van der Waals surface area contributed by atoms with Crippen LogP contribution in [0.1, 0.15) is 28.0 Å². The first-order valence-electron chi connectivity index (χ1n) is 11.2. The van der Waals surface area contributed by atoms with Gasteiger partial charge in [-0.2, -0.15) is 5.10 Å². The fourth-order valence-corrected chi connectivity index (χ4v) is 4.68. The molecule has 3 heterocycles. The molecule has 0 spiro atoms. The van der Waals surface area contributed by atoms with E-state index in [4.69, 9.17) is 4.42 Å². The van der Waals surface area contributed by atoms with Gasteiger partial charge in [-0.25, -0.2) is 4.68 Å². The Hall–Kier alpha value is -4.13. The SMILES string of the molecule is Cc1cc(C)c(Cn2c3ccccc3c3cnn(CC(=O)NCc4ccco4)c(=O)c32)c(C)c1. The van der Waals surface area contributed by atoms with E-state index in [0.717, 1.165) is 16.3 Å². The fourth-order valence-electron chi connectivity index (χ4n) is 4.68. The van der Waals surface area contributed by atoms with Crippen molar-refractivity contribution < 1.29 is 9.21 Å². The molecule has 1 N–H and O–H groups in total. The van der Waals surface area contributed by atoms with E-state index in [1.807, 2.05) is 24.3 Å². The molecule has 0 saturated heterocycles. The molecule has 0 atom stereocenters. The third-order valence-electron chi connectivity index (χ3n) is 6.26. The molecule has 5 aromatic rings. The van der Waals surface area contributed by atoms with Crippen molar-refractivity contribution in [3.05, 3.63) is 99.4 Å². The first kappa shape index (κ1) is 21.7. The molecule has 3 aromatic heterocycles. The number of nitrogens with one attached hydrogen (secondary N) is 1. The summed E-state index contributed by atoms with van der Waals surface area (Å²) in [6, 6.07) is 15.8. The molecular formula is C27H26N4O3. The number of aryl methyl sites for hydroxylation is 3. The van der Waals surface area contributed by atoms with Gasteiger partial charge in [0.15, 0.2) is 0 Å². The molecule has 0 fully saturated rings. The molecule has 5 rings (SSSR count). The summed E-state index contributed by atoms with van der Waals surface area (Å²) < 4.78 is 8.52. The maximum Gasteiger partial charge on any atom is 0.291 e. The predicted octanol–water partition coefficient (Wildman–Crippen LogP) is 4.23. The summed E-state index contributed by atoms with van der Waals surface area (Å²) in [6.07, 6.45) is 3.24. The van der Waals surface area contributed by atoms with E-state index in [-0.39, 0.29) is 24.6 Å². The molecular weight excluding hydrogens is 428 g/mol. The number of rotatable bonds is 6. The summed E-state index contributed by atoms with van der Waals surface area (Å²) in [5.74, 6) is 0.339. The molecule has 0 radical (unpaired) electrons. The van der Waals surface area contributed by atoms with E-state index < -0.39 is 0 Å². The van der Waals surface area contributed by atoms with E-state index in [2.05, 4.69) is 47.9 Å². The number of hydrogen-bond donors (Lipinski definition) is 1. The van der Waals surface area contributed by atoms with Crippen molar-refractivity contribution in [3.8, 4) is 0 Å². The van der Waals surface area contributed by atoms with Crippen LogP contribution in [0.3, 0.4) is 0 Å². The van der Waals surface area contributed by atoms with Crippen molar-refractivity contribution in [2.24, 2.45) is 0 Å². The topological polar surface area (TPSA) is 82.1 Å². The fraction of sp³-hybridized carbons (Fsp3) is 0.222. The maximum atomic E-state index is 13.6. The van der Waals surface area contributed by atoms with Gasteiger partial charge in [0.1, 0.15) is 17.8 Å². The highest BCUT2D eigenvalue weighted by Gasteiger charge is 2.18. The molecule has 0 aliphatic carbocycles. The van der Waals surface area contributed by atoms with Crippen LogP contribution >= 0.6 is 0 Å². The lowest BCUT2D eigenvalue weighted by Crippen LogP contribution is -2.33. The second-order valence-electron chi connectivity index (χ2n) is 8.71. The van der Waals surface area contributed by atoms with Crippen LogP contribution in [0.5, 0.6) is 0 Å². The summed E-state index contributed by atoms with van der Waals surface area (Å²) in [4.78, 5) is 26.1. The van der Waals surface area contributed by atoms with Crippen molar-refractivity contribution in [2.45, 2.75) is 40.4 Å². The van der Waals surface area contributed by atoms with Gasteiger partial charge < -0.3 is 14.3 Å². The lowest BCUT2D eigenvalue weighted by Gasteiger charge is -2.14. The van der Waals surface area contributed by atoms with E-state index >= 15 is 0 Å². The Morgan fingerprint density at radius 3 is 2.53 bits per heavy atom. The number of hydrogen-bond acceptors (Lipinski definition) is 4. The van der Waals surface area contributed by atoms with Crippen LogP contribution in [-0.4, -0.2) is 20.3 Å². The monoisotopic (exact) mass is 454 g/mol. The summed E-state index contributed by atoms with van der Waals surface area (Å²) in [5, 5.41) is 8.84. The van der Waals surface area contributed by atoms with Crippen molar-refractivity contribution in [1.29, 1.82) is 0 Å². The molecule has 0 saturated carbocycles. The van der Waals surface area contributed by atoms with Crippen LogP contribution in [-0.2, 0) is 24.4 Å². The quantitative estimate of drug-likeness (QED) is 0.416. The zero-order valence-electron chi connectivity index (χ0n) is 19.5. The van der Waals surface area contributed by atoms with Gasteiger partial charge >= 0.3 is 0 Å². The zero-order valence-corrected chi connectivity index (χ0v) is 19.5. The zero-order chi connectivity index (χ0) is 23.8. The molecule has 7 heteroatoms. The number of aromatic nitrogens is 3. The molecule has 0 unspecified atom stereocenters. The third-order valence-corrected chi connectivity index (χ3v) is 6.26. The summed E-state index contributed by atoms with van der Waals surface area (Å²) in [7, 11) is 0. The van der Waals surface area contributed by atoms with Crippen LogP contribution in [0.4, 0.5) is 0 Å². The Bertz CT molecular complexity index is 1550. The van der Waals surface area contributed by atoms with E-state index in [1.54, 1.807) is 24.6 Å². The van der Waals surface area contributed by atoms with Gasteiger partial charge in [-0.05, 0) is 55.7 Å². The van der Waals surface area contributed by atoms with Gasteiger partial charge in [0.25, 0.3) is 5.56 Å². The first-order valence-corrected chi connectivity index (χ1v) is 11.2. The standard InChI is InChI=1S/C27H26N4O3/c1-17-11-18(2)23(19(3)12-17)15-30-24-9-5-4-8-21(24)22-14-29-31(27(33)26(22)30)16-25(32)28-13-20-7-6-10-34-20/h4-12,14H,13,15-16H2,1-3H3,(H,28,32). The Balaban J connectivity index is 1.57. The van der Waals surface area contributed by atoms with E-state index in [0.29, 0.717) is 17.8 Å². The number of carbonyl (C=O) groups excluding carboxylic acids is 1. The van der Waals surface area contributed by atoms with Crippen LogP contribution < -0.4 is 10.9 Å². The Morgan fingerprint density at radius 1 is 1.03 bits per heavy atom.